The fraction of sp³-hybridized carbons (Fsp3) is 0.269. The number of hydrogen-bond donors (Lipinski definition) is 1. The van der Waals surface area contributed by atoms with Gasteiger partial charge in [-0.3, -0.25) is 14.6 Å². The minimum atomic E-state index is -0.410. The maximum atomic E-state index is 13.3. The van der Waals surface area contributed by atoms with Crippen LogP contribution in [0.15, 0.2) is 73.1 Å². The Morgan fingerprint density at radius 3 is 2.64 bits per heavy atom. The zero-order chi connectivity index (χ0) is 23.2. The zero-order valence-corrected chi connectivity index (χ0v) is 18.7. The van der Waals surface area contributed by atoms with Crippen LogP contribution in [0.25, 0.3) is 0 Å². The molecule has 0 saturated carbocycles. The van der Waals surface area contributed by atoms with E-state index in [1.165, 1.54) is 0 Å². The lowest BCUT2D eigenvalue weighted by Gasteiger charge is -2.20. The number of amides is 2. The molecule has 170 valence electrons. The van der Waals surface area contributed by atoms with E-state index in [0.29, 0.717) is 36.7 Å². The highest BCUT2D eigenvalue weighted by Gasteiger charge is 2.41. The Labute approximate surface area is 193 Å². The fourth-order valence-electron chi connectivity index (χ4n) is 4.28. The van der Waals surface area contributed by atoms with Crippen LogP contribution in [0.1, 0.15) is 27.4 Å². The summed E-state index contributed by atoms with van der Waals surface area (Å²) in [6.07, 6.45) is 3.42. The SMILES string of the molecule is COc1cccc(C(=O)N2C[C@H](C(=O)NCc3cccnc3)[C@H](c3ccccc3OC)C2)c1. The van der Waals surface area contributed by atoms with Crippen molar-refractivity contribution in [2.75, 3.05) is 27.3 Å². The van der Waals surface area contributed by atoms with Gasteiger partial charge in [-0.25, -0.2) is 0 Å². The van der Waals surface area contributed by atoms with Gasteiger partial charge in [-0.05, 0) is 41.5 Å². The predicted molar refractivity (Wildman–Crippen MR) is 124 cm³/mol. The Balaban J connectivity index is 1.59. The van der Waals surface area contributed by atoms with Crippen LogP contribution in [0, 0.1) is 5.92 Å². The van der Waals surface area contributed by atoms with E-state index in [-0.39, 0.29) is 17.7 Å². The van der Waals surface area contributed by atoms with E-state index >= 15 is 0 Å². The van der Waals surface area contributed by atoms with Crippen LogP contribution in [0.2, 0.25) is 0 Å². The number of nitrogens with zero attached hydrogens (tertiary/aromatic N) is 2. The number of para-hydroxylation sites is 1. The van der Waals surface area contributed by atoms with Gasteiger partial charge in [-0.2, -0.15) is 0 Å². The quantitative estimate of drug-likeness (QED) is 0.604. The monoisotopic (exact) mass is 445 g/mol. The number of carbonyl (C=O) groups is 2. The molecule has 1 saturated heterocycles. The van der Waals surface area contributed by atoms with Gasteiger partial charge in [0.05, 0.1) is 20.1 Å². The maximum absolute atomic E-state index is 13.3. The first-order valence-electron chi connectivity index (χ1n) is 10.8. The van der Waals surface area contributed by atoms with Crippen LogP contribution >= 0.6 is 0 Å². The highest BCUT2D eigenvalue weighted by atomic mass is 16.5. The number of carbonyl (C=O) groups excluding carboxylic acids is 2. The molecule has 2 heterocycles. The summed E-state index contributed by atoms with van der Waals surface area (Å²) in [5.41, 5.74) is 2.37. The van der Waals surface area contributed by atoms with Crippen molar-refractivity contribution in [3.63, 3.8) is 0 Å². The predicted octanol–water partition coefficient (Wildman–Crippen LogP) is 3.27. The third-order valence-electron chi connectivity index (χ3n) is 5.99. The van der Waals surface area contributed by atoms with Gasteiger partial charge in [0.1, 0.15) is 11.5 Å². The van der Waals surface area contributed by atoms with Crippen molar-refractivity contribution in [1.82, 2.24) is 15.2 Å². The van der Waals surface area contributed by atoms with Crippen molar-refractivity contribution in [2.24, 2.45) is 5.92 Å². The van der Waals surface area contributed by atoms with Crippen molar-refractivity contribution < 1.29 is 19.1 Å². The van der Waals surface area contributed by atoms with Gasteiger partial charge < -0.3 is 19.7 Å². The summed E-state index contributed by atoms with van der Waals surface area (Å²) in [5, 5.41) is 3.02. The van der Waals surface area contributed by atoms with Crippen molar-refractivity contribution in [3.05, 3.63) is 89.7 Å². The number of methoxy groups -OCH3 is 2. The summed E-state index contributed by atoms with van der Waals surface area (Å²) in [4.78, 5) is 32.4. The second kappa shape index (κ2) is 10.2. The van der Waals surface area contributed by atoms with E-state index in [4.69, 9.17) is 9.47 Å². The third kappa shape index (κ3) is 4.98. The average Bonchev–Trinajstić information content (AvgIpc) is 3.33. The van der Waals surface area contributed by atoms with Crippen LogP contribution in [-0.4, -0.2) is 49.0 Å². The minimum Gasteiger partial charge on any atom is -0.497 e. The summed E-state index contributed by atoms with van der Waals surface area (Å²) in [6, 6.07) is 18.5. The standard InChI is InChI=1S/C26H27N3O4/c1-32-20-9-5-8-19(13-20)26(31)29-16-22(21-10-3-4-11-24(21)33-2)23(17-29)25(30)28-15-18-7-6-12-27-14-18/h3-14,22-23H,15-17H2,1-2H3,(H,28,30)/t22-,23-/m0/s1. The first kappa shape index (κ1) is 22.3. The van der Waals surface area contributed by atoms with Gasteiger partial charge in [-0.15, -0.1) is 0 Å². The van der Waals surface area contributed by atoms with Crippen LogP contribution in [-0.2, 0) is 11.3 Å². The number of likely N-dealkylation sites (tertiary alicyclic amines) is 1. The number of rotatable bonds is 7. The lowest BCUT2D eigenvalue weighted by molar-refractivity contribution is -0.125. The first-order chi connectivity index (χ1) is 16.1. The Hall–Kier alpha value is -3.87. The van der Waals surface area contributed by atoms with Crippen LogP contribution in [0.4, 0.5) is 0 Å². The van der Waals surface area contributed by atoms with Gasteiger partial charge in [0.2, 0.25) is 5.91 Å². The molecule has 0 spiro atoms. The van der Waals surface area contributed by atoms with Crippen LogP contribution < -0.4 is 14.8 Å². The molecule has 0 unspecified atom stereocenters. The Kier molecular flexibility index (Phi) is 6.88. The number of nitrogens with one attached hydrogen (secondary N) is 1. The molecule has 7 nitrogen and oxygen atoms in total. The third-order valence-corrected chi connectivity index (χ3v) is 5.99. The molecule has 2 atom stereocenters. The normalized spacial score (nSPS) is 17.5. The van der Waals surface area contributed by atoms with Crippen LogP contribution in [0.5, 0.6) is 11.5 Å². The van der Waals surface area contributed by atoms with Gasteiger partial charge in [0, 0.05) is 43.5 Å². The molecule has 3 aromatic rings. The zero-order valence-electron chi connectivity index (χ0n) is 18.7. The van der Waals surface area contributed by atoms with Crippen molar-refractivity contribution >= 4 is 11.8 Å². The first-order valence-corrected chi connectivity index (χ1v) is 10.8. The molecule has 0 aliphatic carbocycles. The van der Waals surface area contributed by atoms with Gasteiger partial charge in [-0.1, -0.05) is 30.3 Å². The highest BCUT2D eigenvalue weighted by Crippen LogP contribution is 2.38. The Morgan fingerprint density at radius 1 is 1.03 bits per heavy atom. The lowest BCUT2D eigenvalue weighted by Crippen LogP contribution is -2.35. The van der Waals surface area contributed by atoms with E-state index in [1.54, 1.807) is 55.8 Å². The molecule has 0 bridgehead atoms. The van der Waals surface area contributed by atoms with Gasteiger partial charge >= 0.3 is 0 Å². The summed E-state index contributed by atoms with van der Waals surface area (Å²) < 4.78 is 10.8. The summed E-state index contributed by atoms with van der Waals surface area (Å²) in [7, 11) is 3.18. The number of pyridine rings is 1. The van der Waals surface area contributed by atoms with E-state index in [2.05, 4.69) is 10.3 Å². The molecule has 33 heavy (non-hydrogen) atoms. The van der Waals surface area contributed by atoms with Crippen molar-refractivity contribution in [2.45, 2.75) is 12.5 Å². The van der Waals surface area contributed by atoms with E-state index in [0.717, 1.165) is 11.1 Å². The lowest BCUT2D eigenvalue weighted by atomic mass is 9.87. The molecule has 1 N–H and O–H groups in total. The molecular formula is C26H27N3O4. The van der Waals surface area contributed by atoms with Crippen molar-refractivity contribution in [1.29, 1.82) is 0 Å². The smallest absolute Gasteiger partial charge is 0.254 e. The highest BCUT2D eigenvalue weighted by molar-refractivity contribution is 5.95. The molecule has 2 aromatic carbocycles. The molecule has 4 rings (SSSR count). The molecule has 1 aliphatic heterocycles. The number of benzene rings is 2. The van der Waals surface area contributed by atoms with Crippen LogP contribution in [0.3, 0.4) is 0 Å². The second-order valence-corrected chi connectivity index (χ2v) is 7.98. The number of ether oxygens (including phenoxy) is 2. The Morgan fingerprint density at radius 2 is 1.88 bits per heavy atom. The average molecular weight is 446 g/mol. The van der Waals surface area contributed by atoms with E-state index in [9.17, 15) is 9.59 Å². The maximum Gasteiger partial charge on any atom is 0.254 e. The van der Waals surface area contributed by atoms with E-state index in [1.807, 2.05) is 36.4 Å². The van der Waals surface area contributed by atoms with Gasteiger partial charge in [0.15, 0.2) is 0 Å². The van der Waals surface area contributed by atoms with Gasteiger partial charge in [0.25, 0.3) is 5.91 Å². The molecule has 2 amide bonds. The molecule has 1 fully saturated rings. The number of aromatic nitrogens is 1. The molecular weight excluding hydrogens is 418 g/mol. The number of hydrogen-bond acceptors (Lipinski definition) is 5. The summed E-state index contributed by atoms with van der Waals surface area (Å²) in [5.74, 6) is 0.500. The Bertz CT molecular complexity index is 1120. The second-order valence-electron chi connectivity index (χ2n) is 7.98. The molecule has 7 heteroatoms. The topological polar surface area (TPSA) is 80.8 Å². The minimum absolute atomic E-state index is 0.101. The fourth-order valence-corrected chi connectivity index (χ4v) is 4.28. The molecule has 1 aromatic heterocycles. The molecule has 1 aliphatic rings. The largest absolute Gasteiger partial charge is 0.497 e. The van der Waals surface area contributed by atoms with E-state index < -0.39 is 5.92 Å². The van der Waals surface area contributed by atoms with Crippen molar-refractivity contribution in [3.8, 4) is 11.5 Å². The summed E-state index contributed by atoms with van der Waals surface area (Å²) in [6.45, 7) is 1.12. The summed E-state index contributed by atoms with van der Waals surface area (Å²) >= 11 is 0. The molecule has 0 radical (unpaired) electrons.